The van der Waals surface area contributed by atoms with E-state index in [-0.39, 0.29) is 5.92 Å². The zero-order chi connectivity index (χ0) is 10.1. The number of hydrogen-bond acceptors (Lipinski definition) is 1. The summed E-state index contributed by atoms with van der Waals surface area (Å²) in [6.45, 7) is 2.07. The highest BCUT2D eigenvalue weighted by Crippen LogP contribution is 2.37. The molecule has 0 bridgehead atoms. The SMILES string of the molecule is CCC1CCc2[nH]ccc2C1C(=O)O. The van der Waals surface area contributed by atoms with Crippen molar-refractivity contribution in [1.29, 1.82) is 0 Å². The van der Waals surface area contributed by atoms with E-state index < -0.39 is 5.97 Å². The summed E-state index contributed by atoms with van der Waals surface area (Å²) in [4.78, 5) is 14.3. The van der Waals surface area contributed by atoms with Gasteiger partial charge in [0.1, 0.15) is 0 Å². The molecule has 76 valence electrons. The van der Waals surface area contributed by atoms with Crippen molar-refractivity contribution in [2.75, 3.05) is 0 Å². The lowest BCUT2D eigenvalue weighted by Crippen LogP contribution is -2.26. The molecule has 2 N–H and O–H groups in total. The summed E-state index contributed by atoms with van der Waals surface area (Å²) >= 11 is 0. The molecule has 0 saturated carbocycles. The van der Waals surface area contributed by atoms with Gasteiger partial charge in [-0.2, -0.15) is 0 Å². The van der Waals surface area contributed by atoms with Crippen LogP contribution in [0.25, 0.3) is 0 Å². The Labute approximate surface area is 83.1 Å². The average Bonchev–Trinajstić information content (AvgIpc) is 2.62. The summed E-state index contributed by atoms with van der Waals surface area (Å²) < 4.78 is 0. The van der Waals surface area contributed by atoms with Gasteiger partial charge in [0.25, 0.3) is 0 Å². The van der Waals surface area contributed by atoms with Crippen molar-refractivity contribution < 1.29 is 9.90 Å². The second kappa shape index (κ2) is 3.48. The van der Waals surface area contributed by atoms with Crippen LogP contribution in [0.4, 0.5) is 0 Å². The third-order valence-corrected chi connectivity index (χ3v) is 3.23. The van der Waals surface area contributed by atoms with Crippen molar-refractivity contribution in [3.05, 3.63) is 23.5 Å². The smallest absolute Gasteiger partial charge is 0.311 e. The Morgan fingerprint density at radius 1 is 1.71 bits per heavy atom. The zero-order valence-electron chi connectivity index (χ0n) is 8.29. The molecule has 14 heavy (non-hydrogen) atoms. The minimum Gasteiger partial charge on any atom is -0.481 e. The van der Waals surface area contributed by atoms with Crippen LogP contribution >= 0.6 is 0 Å². The molecular formula is C11H15NO2. The number of H-pyrrole nitrogens is 1. The van der Waals surface area contributed by atoms with E-state index in [0.717, 1.165) is 30.5 Å². The second-order valence-corrected chi connectivity index (χ2v) is 3.93. The fourth-order valence-corrected chi connectivity index (χ4v) is 2.45. The standard InChI is InChI=1S/C11H15NO2/c1-2-7-3-4-9-8(5-6-12-9)10(7)11(13)14/h5-7,10,12H,2-4H2,1H3,(H,13,14). The summed E-state index contributed by atoms with van der Waals surface area (Å²) in [6, 6.07) is 1.91. The van der Waals surface area contributed by atoms with E-state index in [4.69, 9.17) is 0 Å². The summed E-state index contributed by atoms with van der Waals surface area (Å²) in [7, 11) is 0. The van der Waals surface area contributed by atoms with Crippen LogP contribution < -0.4 is 0 Å². The van der Waals surface area contributed by atoms with E-state index in [2.05, 4.69) is 11.9 Å². The first-order valence-corrected chi connectivity index (χ1v) is 5.13. The molecule has 0 fully saturated rings. The van der Waals surface area contributed by atoms with Gasteiger partial charge in [-0.25, -0.2) is 0 Å². The lowest BCUT2D eigenvalue weighted by atomic mass is 9.76. The first-order valence-electron chi connectivity index (χ1n) is 5.13. The van der Waals surface area contributed by atoms with Crippen molar-refractivity contribution in [3.63, 3.8) is 0 Å². The number of aryl methyl sites for hydroxylation is 1. The molecule has 2 atom stereocenters. The molecule has 1 aromatic rings. The third kappa shape index (κ3) is 1.33. The Hall–Kier alpha value is -1.25. The highest BCUT2D eigenvalue weighted by atomic mass is 16.4. The van der Waals surface area contributed by atoms with Crippen molar-refractivity contribution in [1.82, 2.24) is 4.98 Å². The predicted molar refractivity (Wildman–Crippen MR) is 53.3 cm³/mol. The molecule has 0 saturated heterocycles. The van der Waals surface area contributed by atoms with E-state index in [1.165, 1.54) is 0 Å². The molecule has 1 heterocycles. The Morgan fingerprint density at radius 2 is 2.50 bits per heavy atom. The maximum absolute atomic E-state index is 11.2. The zero-order valence-corrected chi connectivity index (χ0v) is 8.29. The molecule has 1 aliphatic carbocycles. The maximum Gasteiger partial charge on any atom is 0.311 e. The largest absolute Gasteiger partial charge is 0.481 e. The van der Waals surface area contributed by atoms with Gasteiger partial charge in [0, 0.05) is 11.9 Å². The summed E-state index contributed by atoms with van der Waals surface area (Å²) in [6.07, 6.45) is 4.77. The fourth-order valence-electron chi connectivity index (χ4n) is 2.45. The number of carbonyl (C=O) groups is 1. The number of carboxylic acids is 1. The highest BCUT2D eigenvalue weighted by Gasteiger charge is 2.34. The van der Waals surface area contributed by atoms with Crippen molar-refractivity contribution in [2.45, 2.75) is 32.1 Å². The van der Waals surface area contributed by atoms with Crippen LogP contribution in [0, 0.1) is 5.92 Å². The van der Waals surface area contributed by atoms with Gasteiger partial charge < -0.3 is 10.1 Å². The van der Waals surface area contributed by atoms with Gasteiger partial charge in [-0.1, -0.05) is 13.3 Å². The van der Waals surface area contributed by atoms with Crippen molar-refractivity contribution >= 4 is 5.97 Å². The molecule has 0 aliphatic heterocycles. The number of aromatic amines is 1. The second-order valence-electron chi connectivity index (χ2n) is 3.93. The third-order valence-electron chi connectivity index (χ3n) is 3.23. The van der Waals surface area contributed by atoms with Crippen LogP contribution in [0.2, 0.25) is 0 Å². The first kappa shape index (κ1) is 9.31. The number of aromatic nitrogens is 1. The lowest BCUT2D eigenvalue weighted by molar-refractivity contribution is -0.140. The Kier molecular flexibility index (Phi) is 2.32. The summed E-state index contributed by atoms with van der Waals surface area (Å²) in [5, 5.41) is 9.19. The van der Waals surface area contributed by atoms with Gasteiger partial charge in [0.2, 0.25) is 0 Å². The van der Waals surface area contributed by atoms with Crippen molar-refractivity contribution in [2.24, 2.45) is 5.92 Å². The van der Waals surface area contributed by atoms with E-state index in [9.17, 15) is 9.90 Å². The van der Waals surface area contributed by atoms with Crippen LogP contribution in [-0.4, -0.2) is 16.1 Å². The van der Waals surface area contributed by atoms with Gasteiger partial charge >= 0.3 is 5.97 Å². The predicted octanol–water partition coefficient (Wildman–Crippen LogP) is 2.16. The molecule has 2 unspecified atom stereocenters. The molecule has 3 nitrogen and oxygen atoms in total. The molecule has 0 aromatic carbocycles. The minimum absolute atomic E-state index is 0.296. The van der Waals surface area contributed by atoms with Gasteiger partial charge in [0.15, 0.2) is 0 Å². The first-order chi connectivity index (χ1) is 6.74. The van der Waals surface area contributed by atoms with Gasteiger partial charge in [0.05, 0.1) is 5.92 Å². The maximum atomic E-state index is 11.2. The van der Waals surface area contributed by atoms with Crippen LogP contribution in [0.1, 0.15) is 36.9 Å². The van der Waals surface area contributed by atoms with Gasteiger partial charge in [-0.3, -0.25) is 4.79 Å². The molecule has 0 spiro atoms. The number of fused-ring (bicyclic) bond motifs is 1. The monoisotopic (exact) mass is 193 g/mol. The van der Waals surface area contributed by atoms with Crippen LogP contribution in [0.15, 0.2) is 12.3 Å². The molecule has 1 aliphatic rings. The molecular weight excluding hydrogens is 178 g/mol. The quantitative estimate of drug-likeness (QED) is 0.756. The van der Waals surface area contributed by atoms with Gasteiger partial charge in [-0.15, -0.1) is 0 Å². The minimum atomic E-state index is -0.683. The van der Waals surface area contributed by atoms with Crippen molar-refractivity contribution in [3.8, 4) is 0 Å². The number of nitrogens with one attached hydrogen (secondary N) is 1. The van der Waals surface area contributed by atoms with Crippen LogP contribution in [0.3, 0.4) is 0 Å². The average molecular weight is 193 g/mol. The van der Waals surface area contributed by atoms with Gasteiger partial charge in [-0.05, 0) is 30.4 Å². The van der Waals surface area contributed by atoms with E-state index >= 15 is 0 Å². The summed E-state index contributed by atoms with van der Waals surface area (Å²) in [5.41, 5.74) is 2.11. The van der Waals surface area contributed by atoms with E-state index in [0.29, 0.717) is 5.92 Å². The van der Waals surface area contributed by atoms with E-state index in [1.807, 2.05) is 12.3 Å². The Morgan fingerprint density at radius 3 is 3.14 bits per heavy atom. The highest BCUT2D eigenvalue weighted by molar-refractivity contribution is 5.77. The molecule has 0 amide bonds. The molecule has 0 radical (unpaired) electrons. The normalized spacial score (nSPS) is 25.8. The molecule has 1 aromatic heterocycles. The Bertz CT molecular complexity index is 343. The summed E-state index contributed by atoms with van der Waals surface area (Å²) in [5.74, 6) is -0.678. The fraction of sp³-hybridized carbons (Fsp3) is 0.545. The number of hydrogen-bond donors (Lipinski definition) is 2. The number of aliphatic carboxylic acids is 1. The molecule has 2 rings (SSSR count). The Balaban J connectivity index is 2.38. The lowest BCUT2D eigenvalue weighted by Gasteiger charge is -2.27. The molecule has 3 heteroatoms. The number of rotatable bonds is 2. The van der Waals surface area contributed by atoms with Crippen LogP contribution in [0.5, 0.6) is 0 Å². The topological polar surface area (TPSA) is 53.1 Å². The van der Waals surface area contributed by atoms with E-state index in [1.54, 1.807) is 0 Å². The number of carboxylic acid groups (broad SMARTS) is 1. The van der Waals surface area contributed by atoms with Crippen LogP contribution in [-0.2, 0) is 11.2 Å².